The van der Waals surface area contributed by atoms with Crippen molar-refractivity contribution in [3.63, 3.8) is 0 Å². The van der Waals surface area contributed by atoms with Crippen molar-refractivity contribution in [1.82, 2.24) is 0 Å². The molecule has 0 fully saturated rings. The van der Waals surface area contributed by atoms with Crippen LogP contribution >= 0.6 is 0 Å². The van der Waals surface area contributed by atoms with Crippen molar-refractivity contribution in [2.45, 2.75) is 47.6 Å². The second kappa shape index (κ2) is 16.3. The molecular formula is C9H23NO. The third kappa shape index (κ3) is 4100. The van der Waals surface area contributed by atoms with Gasteiger partial charge in [-0.1, -0.05) is 34.6 Å². The van der Waals surface area contributed by atoms with Gasteiger partial charge in [0.05, 0.1) is 0 Å². The third-order valence-corrected chi connectivity index (χ3v) is 0. The lowest BCUT2D eigenvalue weighted by Gasteiger charge is -1.81. The first-order chi connectivity index (χ1) is 4.88. The highest BCUT2D eigenvalue weighted by molar-refractivity contribution is 5.44. The molecule has 70 valence electrons. The number of carbonyl (C=O) groups is 1. The van der Waals surface area contributed by atoms with Crippen LogP contribution in [0.3, 0.4) is 0 Å². The van der Waals surface area contributed by atoms with Gasteiger partial charge in [0.25, 0.3) is 0 Å². The second-order valence-electron chi connectivity index (χ2n) is 3.21. The van der Waals surface area contributed by atoms with Crippen molar-refractivity contribution < 1.29 is 4.79 Å². The van der Waals surface area contributed by atoms with Crippen LogP contribution in [0.1, 0.15) is 41.5 Å². The molecule has 2 N–H and O–H groups in total. The molecule has 0 aliphatic heterocycles. The Morgan fingerprint density at radius 3 is 1.09 bits per heavy atom. The van der Waals surface area contributed by atoms with E-state index in [1.807, 2.05) is 13.8 Å². The molecule has 0 rings (SSSR count). The van der Waals surface area contributed by atoms with E-state index >= 15 is 0 Å². The van der Waals surface area contributed by atoms with Crippen LogP contribution in [0.2, 0.25) is 0 Å². The van der Waals surface area contributed by atoms with Gasteiger partial charge in [-0.25, -0.2) is 0 Å². The Morgan fingerprint density at radius 1 is 1.09 bits per heavy atom. The summed E-state index contributed by atoms with van der Waals surface area (Å²) in [5, 5.41) is 0. The number of nitrogens with two attached hydrogens (primary N) is 1. The van der Waals surface area contributed by atoms with Crippen molar-refractivity contribution >= 4 is 6.29 Å². The monoisotopic (exact) mass is 161 g/mol. The summed E-state index contributed by atoms with van der Waals surface area (Å²) >= 11 is 0. The predicted octanol–water partition coefficient (Wildman–Crippen LogP) is 2.22. The minimum atomic E-state index is 0.333. The summed E-state index contributed by atoms with van der Waals surface area (Å²) < 4.78 is 0. The topological polar surface area (TPSA) is 43.1 Å². The first-order valence-electron chi connectivity index (χ1n) is 4.03. The molecule has 0 heterocycles. The van der Waals surface area contributed by atoms with Gasteiger partial charge in [0, 0.05) is 0 Å². The molecule has 2 nitrogen and oxygen atoms in total. The number of hydrogen-bond acceptors (Lipinski definition) is 2. The maximum Gasteiger partial charge on any atom is 0.116 e. The van der Waals surface area contributed by atoms with Crippen molar-refractivity contribution in [3.05, 3.63) is 0 Å². The van der Waals surface area contributed by atoms with Gasteiger partial charge in [-0.15, -0.1) is 0 Å². The Balaban J connectivity index is -0.0000000886. The van der Waals surface area contributed by atoms with Gasteiger partial charge < -0.3 is 10.5 Å². The van der Waals surface area contributed by atoms with E-state index < -0.39 is 0 Å². The van der Waals surface area contributed by atoms with Gasteiger partial charge in [0.2, 0.25) is 0 Å². The van der Waals surface area contributed by atoms with E-state index in [0.717, 1.165) is 12.2 Å². The fourth-order valence-corrected chi connectivity index (χ4v) is 0. The molecule has 0 saturated heterocycles. The third-order valence-electron chi connectivity index (χ3n) is 0. The molecule has 0 aromatic rings. The highest BCUT2D eigenvalue weighted by atomic mass is 16.1. The Bertz CT molecular complexity index is 49.1. The first-order valence-corrected chi connectivity index (χ1v) is 4.03. The normalized spacial score (nSPS) is 7.73. The SMILES string of the molecule is CC(C)C.CC(C)N.CC=O. The average Bonchev–Trinajstić information content (AvgIpc) is 1.60. The van der Waals surface area contributed by atoms with Crippen LogP contribution in [-0.2, 0) is 4.79 Å². The maximum absolute atomic E-state index is 8.81. The maximum atomic E-state index is 8.81. The van der Waals surface area contributed by atoms with Crippen molar-refractivity contribution in [2.75, 3.05) is 0 Å². The fourth-order valence-electron chi connectivity index (χ4n) is 0. The average molecular weight is 161 g/mol. The molecule has 0 spiro atoms. The zero-order chi connectivity index (χ0) is 9.86. The minimum Gasteiger partial charge on any atom is -0.328 e. The van der Waals surface area contributed by atoms with Crippen LogP contribution in [0, 0.1) is 5.92 Å². The summed E-state index contributed by atoms with van der Waals surface area (Å²) in [4.78, 5) is 8.81. The Kier molecular flexibility index (Phi) is 25.1. The van der Waals surface area contributed by atoms with Gasteiger partial charge in [-0.3, -0.25) is 0 Å². The Morgan fingerprint density at radius 2 is 1.09 bits per heavy atom. The summed E-state index contributed by atoms with van der Waals surface area (Å²) in [5.74, 6) is 0.833. The number of aldehydes is 1. The van der Waals surface area contributed by atoms with Crippen molar-refractivity contribution in [2.24, 2.45) is 11.7 Å². The van der Waals surface area contributed by atoms with Crippen LogP contribution in [0.4, 0.5) is 0 Å². The summed E-state index contributed by atoms with van der Waals surface area (Å²) in [6, 6.07) is 0.333. The molecule has 0 bridgehead atoms. The first kappa shape index (κ1) is 16.9. The van der Waals surface area contributed by atoms with Crippen LogP contribution in [0.15, 0.2) is 0 Å². The zero-order valence-electron chi connectivity index (χ0n) is 8.72. The molecule has 0 atom stereocenters. The highest BCUT2D eigenvalue weighted by Gasteiger charge is 1.68. The van der Waals surface area contributed by atoms with E-state index in [1.165, 1.54) is 6.92 Å². The van der Waals surface area contributed by atoms with Crippen LogP contribution in [0.5, 0.6) is 0 Å². The predicted molar refractivity (Wildman–Crippen MR) is 51.6 cm³/mol. The quantitative estimate of drug-likeness (QED) is 0.554. The van der Waals surface area contributed by atoms with E-state index in [9.17, 15) is 0 Å². The molecule has 0 aromatic carbocycles. The molecule has 0 aliphatic carbocycles. The molecule has 11 heavy (non-hydrogen) atoms. The van der Waals surface area contributed by atoms with Crippen molar-refractivity contribution in [1.29, 1.82) is 0 Å². The second-order valence-corrected chi connectivity index (χ2v) is 3.21. The van der Waals surface area contributed by atoms with E-state index in [0.29, 0.717) is 6.04 Å². The van der Waals surface area contributed by atoms with Crippen LogP contribution in [0.25, 0.3) is 0 Å². The number of carbonyl (C=O) groups excluding carboxylic acids is 1. The minimum absolute atomic E-state index is 0.333. The van der Waals surface area contributed by atoms with Gasteiger partial charge in [0.1, 0.15) is 6.29 Å². The molecule has 0 saturated carbocycles. The molecule has 0 radical (unpaired) electrons. The molecule has 0 aliphatic rings. The smallest absolute Gasteiger partial charge is 0.116 e. The lowest BCUT2D eigenvalue weighted by atomic mass is 10.3. The van der Waals surface area contributed by atoms with Gasteiger partial charge in [-0.2, -0.15) is 0 Å². The number of hydrogen-bond donors (Lipinski definition) is 1. The summed E-state index contributed by atoms with van der Waals surface area (Å²) in [5.41, 5.74) is 5.11. The van der Waals surface area contributed by atoms with E-state index in [2.05, 4.69) is 20.8 Å². The van der Waals surface area contributed by atoms with E-state index in [-0.39, 0.29) is 0 Å². The molecule has 0 amide bonds. The van der Waals surface area contributed by atoms with Gasteiger partial charge in [0.15, 0.2) is 0 Å². The fraction of sp³-hybridized carbons (Fsp3) is 0.889. The molecule has 0 aromatic heterocycles. The molecule has 0 unspecified atom stereocenters. The van der Waals surface area contributed by atoms with Crippen LogP contribution < -0.4 is 5.73 Å². The van der Waals surface area contributed by atoms with E-state index in [4.69, 9.17) is 10.5 Å². The highest BCUT2D eigenvalue weighted by Crippen LogP contribution is 1.81. The van der Waals surface area contributed by atoms with Gasteiger partial charge in [-0.05, 0) is 18.9 Å². The Labute approximate surface area is 71.2 Å². The molecular weight excluding hydrogens is 138 g/mol. The Hall–Kier alpha value is -0.370. The van der Waals surface area contributed by atoms with Crippen LogP contribution in [-0.4, -0.2) is 12.3 Å². The van der Waals surface area contributed by atoms with Crippen molar-refractivity contribution in [3.8, 4) is 0 Å². The van der Waals surface area contributed by atoms with E-state index in [1.54, 1.807) is 0 Å². The number of rotatable bonds is 0. The summed E-state index contributed by atoms with van der Waals surface area (Å²) in [6.45, 7) is 11.8. The zero-order valence-corrected chi connectivity index (χ0v) is 8.72. The standard InChI is InChI=1S/C4H10.C3H9N.C2H4O/c1-4(2)3;1-3(2)4;1-2-3/h4H,1-3H3;3H,4H2,1-2H3;2H,1H3. The summed E-state index contributed by atoms with van der Waals surface area (Å²) in [7, 11) is 0. The largest absolute Gasteiger partial charge is 0.328 e. The molecule has 2 heteroatoms. The lowest BCUT2D eigenvalue weighted by molar-refractivity contribution is -0.106. The van der Waals surface area contributed by atoms with Gasteiger partial charge >= 0.3 is 0 Å². The lowest BCUT2D eigenvalue weighted by Crippen LogP contribution is -2.06. The summed E-state index contributed by atoms with van der Waals surface area (Å²) in [6.07, 6.45) is 0.750.